The van der Waals surface area contributed by atoms with Gasteiger partial charge in [0.25, 0.3) is 0 Å². The van der Waals surface area contributed by atoms with Crippen LogP contribution in [-0.4, -0.2) is 37.1 Å². The van der Waals surface area contributed by atoms with E-state index in [1.165, 1.54) is 31.1 Å². The summed E-state index contributed by atoms with van der Waals surface area (Å²) in [6.07, 6.45) is -16.1. The van der Waals surface area contributed by atoms with E-state index in [0.717, 1.165) is 6.07 Å². The third-order valence-corrected chi connectivity index (χ3v) is 7.59. The molecule has 2 aliphatic rings. The SMILES string of the molecule is COc1ccc(OC(F)(F)F)cc1C1=C(CN2C(=O)OC(c3cc(C(F)(F)F)cc(C(F)(F)F)c3)C2C)CC(C)(C)CC1. The molecule has 1 saturated heterocycles. The molecule has 0 radical (unpaired) electrons. The number of rotatable bonds is 6. The third-order valence-electron chi connectivity index (χ3n) is 7.59. The smallest absolute Gasteiger partial charge is 0.496 e. The van der Waals surface area contributed by atoms with Crippen molar-refractivity contribution in [2.75, 3.05) is 13.7 Å². The Morgan fingerprint density at radius 3 is 2.09 bits per heavy atom. The third kappa shape index (κ3) is 7.32. The maximum absolute atomic E-state index is 13.5. The van der Waals surface area contributed by atoms with Gasteiger partial charge in [-0.25, -0.2) is 4.79 Å². The number of benzene rings is 2. The molecule has 4 rings (SSSR count). The van der Waals surface area contributed by atoms with E-state index in [1.807, 2.05) is 13.8 Å². The minimum atomic E-state index is -5.08. The average Bonchev–Trinajstić information content (AvgIpc) is 3.14. The molecule has 14 heteroatoms. The summed E-state index contributed by atoms with van der Waals surface area (Å²) >= 11 is 0. The molecule has 2 unspecified atom stereocenters. The number of halogens is 9. The van der Waals surface area contributed by atoms with Crippen LogP contribution >= 0.6 is 0 Å². The van der Waals surface area contributed by atoms with E-state index >= 15 is 0 Å². The summed E-state index contributed by atoms with van der Waals surface area (Å²) in [4.78, 5) is 14.2. The van der Waals surface area contributed by atoms with Crippen LogP contribution in [0, 0.1) is 5.41 Å². The molecule has 0 saturated carbocycles. The van der Waals surface area contributed by atoms with Crippen molar-refractivity contribution >= 4 is 11.7 Å². The van der Waals surface area contributed by atoms with Crippen LogP contribution in [-0.2, 0) is 17.1 Å². The molecule has 1 aliphatic carbocycles. The summed E-state index contributed by atoms with van der Waals surface area (Å²) < 4.78 is 134. The second-order valence-electron chi connectivity index (χ2n) is 11.3. The first-order valence-corrected chi connectivity index (χ1v) is 13.1. The van der Waals surface area contributed by atoms with Gasteiger partial charge in [0.05, 0.1) is 24.3 Å². The first kappa shape index (κ1) is 32.3. The Labute approximate surface area is 241 Å². The Morgan fingerprint density at radius 1 is 0.953 bits per heavy atom. The highest BCUT2D eigenvalue weighted by Gasteiger charge is 2.44. The van der Waals surface area contributed by atoms with Gasteiger partial charge in [0.2, 0.25) is 0 Å². The van der Waals surface area contributed by atoms with Crippen LogP contribution < -0.4 is 9.47 Å². The number of hydrogen-bond acceptors (Lipinski definition) is 4. The standard InChI is InChI=1S/C29H28F9NO4/c1-15-24(16-9-18(27(30,31)32)11-19(10-16)28(33,34)35)42-25(40)39(15)14-17-13-26(2,3)8-7-21(17)22-12-20(43-29(36,37)38)5-6-23(22)41-4/h5-6,9-12,15,24H,7-8,13-14H2,1-4H3. The van der Waals surface area contributed by atoms with Crippen molar-refractivity contribution in [1.29, 1.82) is 0 Å². The lowest BCUT2D eigenvalue weighted by molar-refractivity contribution is -0.274. The molecular formula is C29H28F9NO4. The van der Waals surface area contributed by atoms with Gasteiger partial charge >= 0.3 is 24.8 Å². The van der Waals surface area contributed by atoms with Crippen molar-refractivity contribution in [1.82, 2.24) is 4.90 Å². The van der Waals surface area contributed by atoms with Crippen LogP contribution in [0.1, 0.15) is 68.4 Å². The van der Waals surface area contributed by atoms with Crippen molar-refractivity contribution in [2.24, 2.45) is 5.41 Å². The Balaban J connectivity index is 1.74. The van der Waals surface area contributed by atoms with Crippen molar-refractivity contribution in [2.45, 2.75) is 70.9 Å². The molecule has 0 N–H and O–H groups in total. The molecule has 1 aliphatic heterocycles. The number of methoxy groups -OCH3 is 1. The molecule has 2 atom stereocenters. The Morgan fingerprint density at radius 2 is 1.56 bits per heavy atom. The van der Waals surface area contributed by atoms with Gasteiger partial charge in [0.15, 0.2) is 0 Å². The molecular weight excluding hydrogens is 597 g/mol. The predicted molar refractivity (Wildman–Crippen MR) is 136 cm³/mol. The van der Waals surface area contributed by atoms with Crippen LogP contribution in [0.2, 0.25) is 0 Å². The molecule has 1 fully saturated rings. The first-order chi connectivity index (χ1) is 19.7. The predicted octanol–water partition coefficient (Wildman–Crippen LogP) is 9.18. The largest absolute Gasteiger partial charge is 0.573 e. The zero-order valence-corrected chi connectivity index (χ0v) is 23.4. The number of amides is 1. The quantitative estimate of drug-likeness (QED) is 0.301. The molecule has 1 heterocycles. The molecule has 43 heavy (non-hydrogen) atoms. The van der Waals surface area contributed by atoms with Crippen molar-refractivity contribution in [3.63, 3.8) is 0 Å². The van der Waals surface area contributed by atoms with E-state index in [0.29, 0.717) is 48.1 Å². The summed E-state index contributed by atoms with van der Waals surface area (Å²) in [6.45, 7) is 5.23. The molecule has 0 spiro atoms. The normalized spacial score (nSPS) is 21.2. The number of carbonyl (C=O) groups is 1. The number of nitrogens with zero attached hydrogens (tertiary/aromatic N) is 1. The van der Waals surface area contributed by atoms with E-state index in [4.69, 9.17) is 9.47 Å². The minimum Gasteiger partial charge on any atom is -0.496 e. The van der Waals surface area contributed by atoms with E-state index < -0.39 is 59.4 Å². The number of alkyl halides is 9. The molecule has 2 aromatic rings. The zero-order valence-electron chi connectivity index (χ0n) is 23.4. The van der Waals surface area contributed by atoms with Crippen molar-refractivity contribution < 1.29 is 58.5 Å². The fourth-order valence-electron chi connectivity index (χ4n) is 5.52. The highest BCUT2D eigenvalue weighted by atomic mass is 19.4. The Kier molecular flexibility index (Phi) is 8.39. The molecule has 236 valence electrons. The van der Waals surface area contributed by atoms with Gasteiger partial charge in [0.1, 0.15) is 17.6 Å². The van der Waals surface area contributed by atoms with Gasteiger partial charge in [-0.2, -0.15) is 26.3 Å². The average molecular weight is 626 g/mol. The van der Waals surface area contributed by atoms with Crippen LogP contribution in [0.15, 0.2) is 42.0 Å². The van der Waals surface area contributed by atoms with Crippen molar-refractivity contribution in [3.8, 4) is 11.5 Å². The second kappa shape index (κ2) is 11.2. The van der Waals surface area contributed by atoms with Crippen LogP contribution in [0.4, 0.5) is 44.3 Å². The summed E-state index contributed by atoms with van der Waals surface area (Å²) in [5, 5.41) is 0. The fourth-order valence-corrected chi connectivity index (χ4v) is 5.52. The first-order valence-electron chi connectivity index (χ1n) is 13.1. The summed E-state index contributed by atoms with van der Waals surface area (Å²) in [5.41, 5.74) is -2.31. The molecule has 1 amide bonds. The van der Waals surface area contributed by atoms with E-state index in [-0.39, 0.29) is 23.8 Å². The topological polar surface area (TPSA) is 48.0 Å². The highest BCUT2D eigenvalue weighted by Crippen LogP contribution is 2.47. The maximum Gasteiger partial charge on any atom is 0.573 e. The van der Waals surface area contributed by atoms with Crippen LogP contribution in [0.25, 0.3) is 5.57 Å². The minimum absolute atomic E-state index is 0.00604. The van der Waals surface area contributed by atoms with Gasteiger partial charge in [-0.05, 0) is 84.7 Å². The van der Waals surface area contributed by atoms with E-state index in [9.17, 15) is 44.3 Å². The van der Waals surface area contributed by atoms with Gasteiger partial charge in [-0.1, -0.05) is 13.8 Å². The van der Waals surface area contributed by atoms with E-state index in [2.05, 4.69) is 4.74 Å². The van der Waals surface area contributed by atoms with Crippen LogP contribution in [0.3, 0.4) is 0 Å². The van der Waals surface area contributed by atoms with Crippen molar-refractivity contribution in [3.05, 3.63) is 64.2 Å². The lowest BCUT2D eigenvalue weighted by Crippen LogP contribution is -2.35. The van der Waals surface area contributed by atoms with Gasteiger partial charge in [0, 0.05) is 12.1 Å². The number of cyclic esters (lactones) is 1. The molecule has 0 bridgehead atoms. The van der Waals surface area contributed by atoms with E-state index in [1.54, 1.807) is 0 Å². The van der Waals surface area contributed by atoms with Gasteiger partial charge < -0.3 is 14.2 Å². The lowest BCUT2D eigenvalue weighted by Gasteiger charge is -2.36. The number of ether oxygens (including phenoxy) is 3. The molecule has 5 nitrogen and oxygen atoms in total. The zero-order chi connectivity index (χ0) is 32.1. The number of allylic oxidation sites excluding steroid dienone is 1. The lowest BCUT2D eigenvalue weighted by atomic mass is 9.72. The molecule has 2 aromatic carbocycles. The second-order valence-corrected chi connectivity index (χ2v) is 11.3. The van der Waals surface area contributed by atoms with Gasteiger partial charge in [-0.3, -0.25) is 4.90 Å². The summed E-state index contributed by atoms with van der Waals surface area (Å²) in [5.74, 6) is -0.237. The molecule has 0 aromatic heterocycles. The Hall–Kier alpha value is -3.58. The fraction of sp³-hybridized carbons (Fsp3) is 0.483. The summed E-state index contributed by atoms with van der Waals surface area (Å²) in [7, 11) is 1.34. The van der Waals surface area contributed by atoms with Gasteiger partial charge in [-0.15, -0.1) is 13.2 Å². The number of carbonyl (C=O) groups excluding carboxylic acids is 1. The highest BCUT2D eigenvalue weighted by molar-refractivity contribution is 5.77. The Bertz CT molecular complexity index is 1380. The maximum atomic E-state index is 13.5. The summed E-state index contributed by atoms with van der Waals surface area (Å²) in [6, 6.07) is 3.64. The van der Waals surface area contributed by atoms with Crippen LogP contribution in [0.5, 0.6) is 11.5 Å². The monoisotopic (exact) mass is 625 g/mol. The number of hydrogen-bond donors (Lipinski definition) is 0.